The standard InChI is InChI=1S/C12H15N3O4/c1-7-3-2-4-8(5-7)14-12(19)15-9(11(17)18)6-10(13)16/h2-5,9H,6H2,1H3,(H2,13,16)(H,17,18)(H2,14,15,19)/t9-/m0/s1. The van der Waals surface area contributed by atoms with E-state index in [4.69, 9.17) is 10.8 Å². The van der Waals surface area contributed by atoms with Crippen LogP contribution in [0.5, 0.6) is 0 Å². The maximum Gasteiger partial charge on any atom is 0.326 e. The minimum atomic E-state index is -1.35. The van der Waals surface area contributed by atoms with Crippen molar-refractivity contribution >= 4 is 23.6 Å². The maximum absolute atomic E-state index is 11.6. The number of rotatable bonds is 5. The number of carboxylic acid groups (broad SMARTS) is 1. The predicted octanol–water partition coefficient (Wildman–Crippen LogP) is 0.445. The summed E-state index contributed by atoms with van der Waals surface area (Å²) in [4.78, 5) is 33.1. The highest BCUT2D eigenvalue weighted by Gasteiger charge is 2.21. The molecule has 0 aliphatic heterocycles. The Labute approximate surface area is 109 Å². The molecule has 7 heteroatoms. The number of carboxylic acids is 1. The minimum Gasteiger partial charge on any atom is -0.480 e. The number of hydrogen-bond donors (Lipinski definition) is 4. The Kier molecular flexibility index (Phi) is 4.87. The summed E-state index contributed by atoms with van der Waals surface area (Å²) in [6, 6.07) is 4.95. The Hall–Kier alpha value is -2.57. The number of amides is 3. The fourth-order valence-electron chi connectivity index (χ4n) is 1.45. The van der Waals surface area contributed by atoms with Gasteiger partial charge < -0.3 is 21.5 Å². The lowest BCUT2D eigenvalue weighted by molar-refractivity contribution is -0.140. The molecule has 0 heterocycles. The van der Waals surface area contributed by atoms with Crippen LogP contribution >= 0.6 is 0 Å². The van der Waals surface area contributed by atoms with Crippen molar-refractivity contribution in [3.05, 3.63) is 29.8 Å². The molecule has 0 saturated carbocycles. The smallest absolute Gasteiger partial charge is 0.326 e. The number of benzene rings is 1. The van der Waals surface area contributed by atoms with Gasteiger partial charge in [0.25, 0.3) is 0 Å². The maximum atomic E-state index is 11.6. The van der Waals surface area contributed by atoms with Crippen LogP contribution in [0.1, 0.15) is 12.0 Å². The molecule has 0 radical (unpaired) electrons. The molecule has 7 nitrogen and oxygen atoms in total. The van der Waals surface area contributed by atoms with Crippen molar-refractivity contribution in [1.82, 2.24) is 5.32 Å². The van der Waals surface area contributed by atoms with Gasteiger partial charge in [-0.25, -0.2) is 9.59 Å². The fraction of sp³-hybridized carbons (Fsp3) is 0.250. The molecule has 1 aromatic rings. The Bertz CT molecular complexity index is 502. The van der Waals surface area contributed by atoms with Gasteiger partial charge >= 0.3 is 12.0 Å². The molecular formula is C12H15N3O4. The van der Waals surface area contributed by atoms with Gasteiger partial charge in [0.15, 0.2) is 0 Å². The van der Waals surface area contributed by atoms with Crippen molar-refractivity contribution in [2.75, 3.05) is 5.32 Å². The van der Waals surface area contributed by atoms with E-state index in [1.54, 1.807) is 18.2 Å². The van der Waals surface area contributed by atoms with Crippen LogP contribution in [0.3, 0.4) is 0 Å². The molecule has 1 atom stereocenters. The van der Waals surface area contributed by atoms with E-state index in [2.05, 4.69) is 10.6 Å². The van der Waals surface area contributed by atoms with Gasteiger partial charge in [-0.05, 0) is 24.6 Å². The highest BCUT2D eigenvalue weighted by atomic mass is 16.4. The average Bonchev–Trinajstić information content (AvgIpc) is 2.27. The molecule has 0 saturated heterocycles. The van der Waals surface area contributed by atoms with Crippen LogP contribution < -0.4 is 16.4 Å². The summed E-state index contributed by atoms with van der Waals surface area (Å²) in [5.41, 5.74) is 6.38. The Morgan fingerprint density at radius 3 is 2.58 bits per heavy atom. The molecule has 5 N–H and O–H groups in total. The number of aliphatic carboxylic acids is 1. The van der Waals surface area contributed by atoms with Gasteiger partial charge in [-0.15, -0.1) is 0 Å². The molecule has 0 aliphatic carbocycles. The molecule has 1 rings (SSSR count). The van der Waals surface area contributed by atoms with E-state index in [0.717, 1.165) is 5.56 Å². The van der Waals surface area contributed by atoms with Crippen LogP contribution in [0.25, 0.3) is 0 Å². The van der Waals surface area contributed by atoms with Crippen molar-refractivity contribution in [2.24, 2.45) is 5.73 Å². The van der Waals surface area contributed by atoms with E-state index in [9.17, 15) is 14.4 Å². The van der Waals surface area contributed by atoms with Gasteiger partial charge in [-0.3, -0.25) is 4.79 Å². The first-order chi connectivity index (χ1) is 8.88. The first-order valence-corrected chi connectivity index (χ1v) is 5.54. The van der Waals surface area contributed by atoms with E-state index in [1.165, 1.54) is 0 Å². The Morgan fingerprint density at radius 1 is 1.37 bits per heavy atom. The van der Waals surface area contributed by atoms with E-state index >= 15 is 0 Å². The van der Waals surface area contributed by atoms with E-state index < -0.39 is 30.4 Å². The molecule has 0 unspecified atom stereocenters. The molecule has 0 aliphatic rings. The van der Waals surface area contributed by atoms with E-state index in [0.29, 0.717) is 5.69 Å². The lowest BCUT2D eigenvalue weighted by Crippen LogP contribution is -2.45. The Balaban J connectivity index is 2.62. The number of anilines is 1. The van der Waals surface area contributed by atoms with Crippen LogP contribution in [0.2, 0.25) is 0 Å². The van der Waals surface area contributed by atoms with Crippen LogP contribution in [-0.4, -0.2) is 29.1 Å². The molecule has 0 aromatic heterocycles. The van der Waals surface area contributed by atoms with Crippen molar-refractivity contribution in [1.29, 1.82) is 0 Å². The van der Waals surface area contributed by atoms with Crippen LogP contribution in [-0.2, 0) is 9.59 Å². The summed E-state index contributed by atoms with van der Waals surface area (Å²) < 4.78 is 0. The summed E-state index contributed by atoms with van der Waals surface area (Å²) in [7, 11) is 0. The first-order valence-electron chi connectivity index (χ1n) is 5.54. The third-order valence-electron chi connectivity index (χ3n) is 2.28. The van der Waals surface area contributed by atoms with Crippen molar-refractivity contribution < 1.29 is 19.5 Å². The van der Waals surface area contributed by atoms with Crippen molar-refractivity contribution in [3.8, 4) is 0 Å². The van der Waals surface area contributed by atoms with E-state index in [-0.39, 0.29) is 0 Å². The van der Waals surface area contributed by atoms with E-state index in [1.807, 2.05) is 13.0 Å². The molecule has 19 heavy (non-hydrogen) atoms. The van der Waals surface area contributed by atoms with Gasteiger partial charge in [0.05, 0.1) is 6.42 Å². The molecular weight excluding hydrogens is 250 g/mol. The summed E-state index contributed by atoms with van der Waals surface area (Å²) >= 11 is 0. The predicted molar refractivity (Wildman–Crippen MR) is 68.6 cm³/mol. The van der Waals surface area contributed by atoms with Crippen LogP contribution in [0.15, 0.2) is 24.3 Å². The lowest BCUT2D eigenvalue weighted by atomic mass is 10.2. The van der Waals surface area contributed by atoms with Crippen molar-refractivity contribution in [3.63, 3.8) is 0 Å². The summed E-state index contributed by atoms with van der Waals surface area (Å²) in [6.45, 7) is 1.86. The number of hydrogen-bond acceptors (Lipinski definition) is 3. The monoisotopic (exact) mass is 265 g/mol. The number of nitrogens with one attached hydrogen (secondary N) is 2. The third-order valence-corrected chi connectivity index (χ3v) is 2.28. The second-order valence-electron chi connectivity index (χ2n) is 4.03. The third kappa shape index (κ3) is 5.07. The SMILES string of the molecule is Cc1cccc(NC(=O)N[C@@H](CC(N)=O)C(=O)O)c1. The zero-order valence-corrected chi connectivity index (χ0v) is 10.3. The van der Waals surface area contributed by atoms with Crippen molar-refractivity contribution in [2.45, 2.75) is 19.4 Å². The van der Waals surface area contributed by atoms with Gasteiger partial charge in [0, 0.05) is 5.69 Å². The summed E-state index contributed by atoms with van der Waals surface area (Å²) in [5, 5.41) is 13.5. The molecule has 0 spiro atoms. The summed E-state index contributed by atoms with van der Waals surface area (Å²) in [5.74, 6) is -2.12. The van der Waals surface area contributed by atoms with Gasteiger partial charge in [0.1, 0.15) is 6.04 Å². The molecule has 0 fully saturated rings. The zero-order valence-electron chi connectivity index (χ0n) is 10.3. The second kappa shape index (κ2) is 6.39. The molecule has 1 aromatic carbocycles. The average molecular weight is 265 g/mol. The quantitative estimate of drug-likeness (QED) is 0.617. The second-order valence-corrected chi connectivity index (χ2v) is 4.03. The lowest BCUT2D eigenvalue weighted by Gasteiger charge is -2.13. The highest BCUT2D eigenvalue weighted by molar-refractivity contribution is 5.93. The minimum absolute atomic E-state index is 0.462. The van der Waals surface area contributed by atoms with Gasteiger partial charge in [-0.1, -0.05) is 12.1 Å². The molecule has 102 valence electrons. The Morgan fingerprint density at radius 2 is 2.05 bits per heavy atom. The van der Waals surface area contributed by atoms with Crippen LogP contribution in [0.4, 0.5) is 10.5 Å². The topological polar surface area (TPSA) is 122 Å². The normalized spacial score (nSPS) is 11.4. The highest BCUT2D eigenvalue weighted by Crippen LogP contribution is 2.09. The molecule has 3 amide bonds. The van der Waals surface area contributed by atoms with Gasteiger partial charge in [0.2, 0.25) is 5.91 Å². The number of carbonyl (C=O) groups excluding carboxylic acids is 2. The number of aryl methyl sites for hydroxylation is 1. The largest absolute Gasteiger partial charge is 0.480 e. The van der Waals surface area contributed by atoms with Gasteiger partial charge in [-0.2, -0.15) is 0 Å². The number of primary amides is 1. The summed E-state index contributed by atoms with van der Waals surface area (Å²) in [6.07, 6.45) is -0.462. The molecule has 0 bridgehead atoms. The zero-order chi connectivity index (χ0) is 14.4. The number of carbonyl (C=O) groups is 3. The first kappa shape index (κ1) is 14.5. The van der Waals surface area contributed by atoms with Crippen LogP contribution in [0, 0.1) is 6.92 Å². The number of nitrogens with two attached hydrogens (primary N) is 1. The fourth-order valence-corrected chi connectivity index (χ4v) is 1.45. The number of urea groups is 1.